The molecule has 0 spiro atoms. The van der Waals surface area contributed by atoms with Crippen LogP contribution in [0.15, 0.2) is 78.9 Å². The lowest BCUT2D eigenvalue weighted by Crippen LogP contribution is -2.14. The molecule has 3 nitrogen and oxygen atoms in total. The van der Waals surface area contributed by atoms with Crippen molar-refractivity contribution in [3.8, 4) is 11.1 Å². The van der Waals surface area contributed by atoms with Crippen molar-refractivity contribution < 1.29 is 22.4 Å². The molecule has 0 fully saturated rings. The van der Waals surface area contributed by atoms with Gasteiger partial charge >= 0.3 is 6.18 Å². The molecule has 34 heavy (non-hydrogen) atoms. The Morgan fingerprint density at radius 3 is 2.35 bits per heavy atom. The summed E-state index contributed by atoms with van der Waals surface area (Å²) in [5, 5.41) is 0.989. The molecule has 0 aliphatic heterocycles. The van der Waals surface area contributed by atoms with Crippen LogP contribution in [-0.4, -0.2) is 10.5 Å². The third kappa shape index (κ3) is 3.59. The Bertz CT molecular complexity index is 1550. The number of benzene rings is 4. The fourth-order valence-corrected chi connectivity index (χ4v) is 4.37. The van der Waals surface area contributed by atoms with Gasteiger partial charge in [0.15, 0.2) is 0 Å². The maximum atomic E-state index is 14.7. The fraction of sp³-hybridized carbons (Fsp3) is 0.0741. The predicted octanol–water partition coefficient (Wildman–Crippen LogP) is 6.57. The van der Waals surface area contributed by atoms with Crippen molar-refractivity contribution in [2.45, 2.75) is 12.7 Å². The molecule has 0 unspecified atom stereocenters. The third-order valence-corrected chi connectivity index (χ3v) is 5.91. The average molecular weight is 461 g/mol. The van der Waals surface area contributed by atoms with Gasteiger partial charge in [0.2, 0.25) is 5.91 Å². The van der Waals surface area contributed by atoms with E-state index < -0.39 is 35.6 Å². The van der Waals surface area contributed by atoms with E-state index in [0.29, 0.717) is 21.8 Å². The Labute approximate surface area is 192 Å². The van der Waals surface area contributed by atoms with E-state index in [1.165, 1.54) is 0 Å². The second-order valence-electron chi connectivity index (χ2n) is 7.93. The number of rotatable bonds is 4. The standard InChI is InChI=1S/C27H17F4N2O/c28-22-10-5-9-21(27(29,30)31)20(22)15-33-23-11-4-8-19(26(32)34)25(23)18-13-12-17(14-24(18)33)16-6-2-1-3-7-16/h1-12,14H,15H2,(H2,32,34). The lowest BCUT2D eigenvalue weighted by Gasteiger charge is -2.16. The molecule has 1 radical (unpaired) electrons. The molecule has 5 aromatic rings. The largest absolute Gasteiger partial charge is 0.416 e. The quantitative estimate of drug-likeness (QED) is 0.303. The molecule has 169 valence electrons. The zero-order valence-electron chi connectivity index (χ0n) is 17.7. The van der Waals surface area contributed by atoms with Crippen LogP contribution in [-0.2, 0) is 12.7 Å². The lowest BCUT2D eigenvalue weighted by atomic mass is 10.0. The molecule has 0 saturated heterocycles. The minimum absolute atomic E-state index is 0.217. The predicted molar refractivity (Wildman–Crippen MR) is 123 cm³/mol. The van der Waals surface area contributed by atoms with Gasteiger partial charge in [-0.15, -0.1) is 0 Å². The Kier molecular flexibility index (Phi) is 5.12. The Morgan fingerprint density at radius 2 is 1.65 bits per heavy atom. The molecule has 1 heterocycles. The third-order valence-electron chi connectivity index (χ3n) is 5.91. The van der Waals surface area contributed by atoms with Crippen LogP contribution in [0, 0.1) is 11.9 Å². The van der Waals surface area contributed by atoms with Gasteiger partial charge in [-0.1, -0.05) is 42.5 Å². The minimum Gasteiger partial charge on any atom is -0.366 e. The first-order valence-electron chi connectivity index (χ1n) is 10.4. The number of amides is 1. The first-order valence-corrected chi connectivity index (χ1v) is 10.4. The Morgan fingerprint density at radius 1 is 0.912 bits per heavy atom. The summed E-state index contributed by atoms with van der Waals surface area (Å²) < 4.78 is 57.4. The number of fused-ring (bicyclic) bond motifs is 3. The summed E-state index contributed by atoms with van der Waals surface area (Å²) in [5.41, 5.74) is 6.92. The molecule has 0 aliphatic rings. The topological polar surface area (TPSA) is 48.0 Å². The van der Waals surface area contributed by atoms with Crippen molar-refractivity contribution in [3.05, 3.63) is 107 Å². The number of hydrogen-bond acceptors (Lipinski definition) is 1. The van der Waals surface area contributed by atoms with Crippen LogP contribution in [0.25, 0.3) is 32.9 Å². The van der Waals surface area contributed by atoms with Gasteiger partial charge in [0, 0.05) is 21.9 Å². The zero-order chi connectivity index (χ0) is 24.0. The highest BCUT2D eigenvalue weighted by Gasteiger charge is 2.34. The monoisotopic (exact) mass is 461 g/mol. The molecule has 0 aliphatic carbocycles. The number of nitrogens with two attached hydrogens (primary N) is 1. The molecule has 0 bridgehead atoms. The summed E-state index contributed by atoms with van der Waals surface area (Å²) in [6.45, 7) is -0.393. The van der Waals surface area contributed by atoms with Crippen LogP contribution in [0.3, 0.4) is 0 Å². The number of hydrogen-bond donors (Lipinski definition) is 1. The van der Waals surface area contributed by atoms with Crippen molar-refractivity contribution in [1.29, 1.82) is 0 Å². The van der Waals surface area contributed by atoms with Crippen LogP contribution in [0.4, 0.5) is 17.6 Å². The van der Waals surface area contributed by atoms with E-state index in [4.69, 9.17) is 5.73 Å². The summed E-state index contributed by atoms with van der Waals surface area (Å²) in [5.74, 6) is -1.63. The number of carbonyl (C=O) groups excluding carboxylic acids is 1. The molecular weight excluding hydrogens is 444 g/mol. The fourth-order valence-electron chi connectivity index (χ4n) is 4.37. The van der Waals surface area contributed by atoms with E-state index in [1.54, 1.807) is 34.9 Å². The van der Waals surface area contributed by atoms with Gasteiger partial charge in [-0.25, -0.2) is 4.39 Å². The van der Waals surface area contributed by atoms with Gasteiger partial charge in [0.1, 0.15) is 5.82 Å². The highest BCUT2D eigenvalue weighted by Crippen LogP contribution is 2.37. The molecular formula is C27H17F4N2O. The van der Waals surface area contributed by atoms with E-state index in [2.05, 4.69) is 6.07 Å². The molecule has 1 amide bonds. The van der Waals surface area contributed by atoms with Crippen LogP contribution < -0.4 is 5.73 Å². The minimum atomic E-state index is -4.73. The van der Waals surface area contributed by atoms with Gasteiger partial charge in [-0.05, 0) is 53.6 Å². The van der Waals surface area contributed by atoms with Crippen LogP contribution in [0.2, 0.25) is 0 Å². The first kappa shape index (κ1) is 21.7. The summed E-state index contributed by atoms with van der Waals surface area (Å²) in [6, 6.07) is 23.9. The van der Waals surface area contributed by atoms with Gasteiger partial charge in [0.25, 0.3) is 0 Å². The molecule has 7 heteroatoms. The molecule has 5 rings (SSSR count). The molecule has 0 atom stereocenters. The molecule has 4 aromatic carbocycles. The maximum absolute atomic E-state index is 14.7. The highest BCUT2D eigenvalue weighted by atomic mass is 19.4. The number of nitrogens with zero attached hydrogens (tertiary/aromatic N) is 1. The molecule has 1 aromatic heterocycles. The van der Waals surface area contributed by atoms with Crippen LogP contribution in [0.1, 0.15) is 21.5 Å². The van der Waals surface area contributed by atoms with Crippen molar-refractivity contribution >= 4 is 27.7 Å². The van der Waals surface area contributed by atoms with E-state index in [-0.39, 0.29) is 5.56 Å². The second-order valence-corrected chi connectivity index (χ2v) is 7.93. The van der Waals surface area contributed by atoms with E-state index in [9.17, 15) is 22.4 Å². The van der Waals surface area contributed by atoms with E-state index in [1.807, 2.05) is 30.3 Å². The number of alkyl halides is 3. The number of halogens is 4. The van der Waals surface area contributed by atoms with Crippen molar-refractivity contribution in [1.82, 2.24) is 4.57 Å². The number of primary amides is 1. The summed E-state index contributed by atoms with van der Waals surface area (Å²) >= 11 is 0. The zero-order valence-corrected chi connectivity index (χ0v) is 17.7. The van der Waals surface area contributed by atoms with E-state index in [0.717, 1.165) is 29.3 Å². The van der Waals surface area contributed by atoms with E-state index >= 15 is 0 Å². The lowest BCUT2D eigenvalue weighted by molar-refractivity contribution is -0.138. The summed E-state index contributed by atoms with van der Waals surface area (Å²) in [7, 11) is 0. The van der Waals surface area contributed by atoms with Crippen molar-refractivity contribution in [2.24, 2.45) is 5.73 Å². The SMILES string of the molecule is NC(=O)c1cccc2c1c1[c]cc(-c3ccccc3)cc1n2Cc1c(F)cccc1C(F)(F)F. The molecule has 2 N–H and O–H groups in total. The van der Waals surface area contributed by atoms with Gasteiger partial charge in [-0.3, -0.25) is 4.79 Å². The maximum Gasteiger partial charge on any atom is 0.416 e. The Hall–Kier alpha value is -4.13. The average Bonchev–Trinajstić information content (AvgIpc) is 3.13. The van der Waals surface area contributed by atoms with Gasteiger partial charge in [-0.2, -0.15) is 13.2 Å². The summed E-state index contributed by atoms with van der Waals surface area (Å²) in [4.78, 5) is 12.1. The van der Waals surface area contributed by atoms with Gasteiger partial charge < -0.3 is 10.3 Å². The van der Waals surface area contributed by atoms with Crippen LogP contribution in [0.5, 0.6) is 0 Å². The van der Waals surface area contributed by atoms with Crippen molar-refractivity contribution in [3.63, 3.8) is 0 Å². The number of carbonyl (C=O) groups is 1. The second kappa shape index (κ2) is 8.02. The first-order chi connectivity index (χ1) is 16.3. The Balaban J connectivity index is 1.83. The normalized spacial score (nSPS) is 11.9. The highest BCUT2D eigenvalue weighted by molar-refractivity contribution is 6.18. The molecule has 0 saturated carbocycles. The smallest absolute Gasteiger partial charge is 0.366 e. The van der Waals surface area contributed by atoms with Crippen LogP contribution >= 0.6 is 0 Å². The summed E-state index contributed by atoms with van der Waals surface area (Å²) in [6.07, 6.45) is -4.73. The van der Waals surface area contributed by atoms with Crippen molar-refractivity contribution in [2.75, 3.05) is 0 Å². The van der Waals surface area contributed by atoms with Gasteiger partial charge in [0.05, 0.1) is 23.1 Å². The number of aromatic nitrogens is 1.